The van der Waals surface area contributed by atoms with Gasteiger partial charge in [0.25, 0.3) is 0 Å². The quantitative estimate of drug-likeness (QED) is 0.00851. The van der Waals surface area contributed by atoms with Crippen LogP contribution >= 0.6 is 25.3 Å². The lowest BCUT2D eigenvalue weighted by Crippen LogP contribution is -2.62. The van der Waals surface area contributed by atoms with Crippen LogP contribution in [0.3, 0.4) is 0 Å². The van der Waals surface area contributed by atoms with Crippen molar-refractivity contribution in [1.29, 1.82) is 0 Å². The lowest BCUT2D eigenvalue weighted by Gasteiger charge is -2.28. The minimum Gasteiger partial charge on any atom is -0.481 e. The first-order valence-electron chi connectivity index (χ1n) is 33.1. The van der Waals surface area contributed by atoms with Gasteiger partial charge in [-0.1, -0.05) is 36.4 Å². The lowest BCUT2D eigenvalue weighted by molar-refractivity contribution is -0.142. The number of H-pyrrole nitrogens is 2. The molecular weight excluding hydrogens is 1390 g/mol. The molecule has 0 saturated carbocycles. The summed E-state index contributed by atoms with van der Waals surface area (Å²) >= 11 is 8.41. The summed E-state index contributed by atoms with van der Waals surface area (Å²) in [6, 6.07) is -3.98. The number of carboxylic acids is 3. The average molecular weight is 1480 g/mol. The van der Waals surface area contributed by atoms with Crippen molar-refractivity contribution in [3.05, 3.63) is 72.1 Å². The van der Waals surface area contributed by atoms with Crippen LogP contribution in [0.5, 0.6) is 0 Å². The molecule has 2 heterocycles. The largest absolute Gasteiger partial charge is 0.481 e. The number of nitrogens with zero attached hydrogens (tertiary/aromatic N) is 1. The highest BCUT2D eigenvalue weighted by atomic mass is 32.1. The highest BCUT2D eigenvalue weighted by Gasteiger charge is 2.38. The number of aromatic amines is 2. The van der Waals surface area contributed by atoms with Crippen LogP contribution in [-0.2, 0) is 80.0 Å². The molecule has 0 fully saturated rings. The van der Waals surface area contributed by atoms with Crippen molar-refractivity contribution >= 4 is 136 Å². The highest BCUT2D eigenvalue weighted by molar-refractivity contribution is 7.80. The van der Waals surface area contributed by atoms with Gasteiger partial charge in [-0.3, -0.25) is 67.3 Å². The van der Waals surface area contributed by atoms with Crippen LogP contribution < -0.4 is 87.6 Å². The number of unbranched alkanes of at least 4 members (excludes halogenated alkanes) is 2. The van der Waals surface area contributed by atoms with E-state index in [1.165, 1.54) is 6.20 Å². The molecule has 28 N–H and O–H groups in total. The van der Waals surface area contributed by atoms with Crippen molar-refractivity contribution in [2.24, 2.45) is 39.4 Å². The fourth-order valence-electron chi connectivity index (χ4n) is 10.6. The molecule has 0 bridgehead atoms. The van der Waals surface area contributed by atoms with Crippen molar-refractivity contribution < 1.29 is 87.5 Å². The summed E-state index contributed by atoms with van der Waals surface area (Å²) in [6.07, 6.45) is -1.09. The van der Waals surface area contributed by atoms with Gasteiger partial charge < -0.3 is 118 Å². The number of para-hydroxylation sites is 2. The molecule has 0 aliphatic heterocycles. The summed E-state index contributed by atoms with van der Waals surface area (Å²) in [6.45, 7) is 1.42. The molecule has 0 spiro atoms. The smallest absolute Gasteiger partial charge is 0.326 e. The number of carbonyl (C=O) groups is 14. The second-order valence-electron chi connectivity index (χ2n) is 24.3. The molecular formula is C64H95N19O18S2. The first kappa shape index (κ1) is 85.3. The Morgan fingerprint density at radius 2 is 0.845 bits per heavy atom. The highest BCUT2D eigenvalue weighted by Crippen LogP contribution is 2.22. The van der Waals surface area contributed by atoms with Crippen LogP contribution in [-0.4, -0.2) is 223 Å². The number of nitrogens with two attached hydrogens (primary N) is 6. The first-order chi connectivity index (χ1) is 48.9. The molecule has 2 aromatic carbocycles. The van der Waals surface area contributed by atoms with Gasteiger partial charge in [0.15, 0.2) is 5.96 Å². The number of thiol groups is 2. The van der Waals surface area contributed by atoms with E-state index in [0.717, 1.165) is 17.8 Å². The number of carbonyl (C=O) groups excluding carboxylic acids is 11. The molecule has 103 heavy (non-hydrogen) atoms. The Morgan fingerprint density at radius 3 is 1.29 bits per heavy atom. The maximum Gasteiger partial charge on any atom is 0.326 e. The Bertz CT molecular complexity index is 3630. The van der Waals surface area contributed by atoms with Gasteiger partial charge in [-0.05, 0) is 107 Å². The average Bonchev–Trinajstić information content (AvgIpc) is 1.73. The predicted molar refractivity (Wildman–Crippen MR) is 382 cm³/mol. The van der Waals surface area contributed by atoms with Crippen molar-refractivity contribution in [2.45, 2.75) is 176 Å². The SMILES string of the molecule is C[C@@H](O)[C@H](NC(=O)[C@H](CCC(=O)O)NC(=O)[C@H](CC(=O)O)NC(=O)[C@H](Cc1c[nH]c2ccccc12)NC(=O)[C@H](CCCCN)NC(=O)[C@@H](N)CCC(N)=O)C(=O)N[C@@H](CS)C(=O)N[C@@H](CS)C(=O)N[C@@H](CCCN=C(N)N)C(=O)N[C@@H](CCCCN)C(=O)N[C@@H](Cc1c[nH]c2ccccc12)C(=O)O. The minimum absolute atomic E-state index is 0.0156. The summed E-state index contributed by atoms with van der Waals surface area (Å²) in [4.78, 5) is 199. The van der Waals surface area contributed by atoms with Gasteiger partial charge in [0.2, 0.25) is 65.0 Å². The molecule has 0 saturated heterocycles. The normalized spacial score (nSPS) is 14.7. The van der Waals surface area contributed by atoms with Gasteiger partial charge in [-0.25, -0.2) is 4.79 Å². The maximum absolute atomic E-state index is 14.5. The van der Waals surface area contributed by atoms with Crippen LogP contribution in [0.4, 0.5) is 0 Å². The molecule has 4 aromatic rings. The second kappa shape index (κ2) is 43.7. The first-order valence-corrected chi connectivity index (χ1v) is 34.4. The van der Waals surface area contributed by atoms with Crippen molar-refractivity contribution in [1.82, 2.24) is 63.1 Å². The van der Waals surface area contributed by atoms with Crippen LogP contribution in [0.15, 0.2) is 65.9 Å². The standard InChI is InChI=1S/C64H95N19O18S2/c1-32(84)52(62(99)82-48(31-103)61(98)81-47(30-102)60(97)76-42(17-10-24-71-64(69)70)54(91)75-41(16-7-9-23-66)56(93)80-46(63(100)101)26-34-29-73-39-14-5-3-12-36(34)39)83-57(94)43(19-21-50(86)87)77-59(96)45(27-51(88)89)79-58(95)44(25-33-28-72-38-13-4-2-11-35(33)38)78-55(92)40(15-6-8-22-65)74-53(90)37(67)18-20-49(68)85/h2-5,11-14,28-29,32,37,40-48,52,72-73,84,102-103H,6-10,15-27,30-31,65-67H2,1H3,(H2,68,85)(H,74,90)(H,75,91)(H,76,97)(H,77,96)(H,78,92)(H,79,95)(H,80,93)(H,81,98)(H,82,99)(H,83,94)(H,86,87)(H,88,89)(H,100,101)(H4,69,70,71)/t32-,37+,40+,41+,42+,43+,44+,45+,46+,47+,48+,52+/m1/s1. The number of aliphatic hydroxyl groups is 1. The fourth-order valence-corrected chi connectivity index (χ4v) is 11.1. The number of fused-ring (bicyclic) bond motifs is 2. The van der Waals surface area contributed by atoms with Crippen LogP contribution in [0.25, 0.3) is 21.8 Å². The molecule has 12 atom stereocenters. The van der Waals surface area contributed by atoms with Crippen molar-refractivity contribution in [3.8, 4) is 0 Å². The van der Waals surface area contributed by atoms with Crippen LogP contribution in [0.2, 0.25) is 0 Å². The topological polar surface area (TPSA) is 640 Å². The number of aliphatic carboxylic acids is 3. The van der Waals surface area contributed by atoms with E-state index in [-0.39, 0.29) is 83.4 Å². The zero-order chi connectivity index (χ0) is 76.5. The number of rotatable bonds is 48. The van der Waals surface area contributed by atoms with E-state index in [2.05, 4.69) is 93.4 Å². The van der Waals surface area contributed by atoms with Gasteiger partial charge in [0, 0.05) is 77.9 Å². The summed E-state index contributed by atoms with van der Waals surface area (Å²) in [5.74, 6) is -17.4. The van der Waals surface area contributed by atoms with Gasteiger partial charge in [0.05, 0.1) is 18.6 Å². The third-order valence-corrected chi connectivity index (χ3v) is 16.9. The lowest BCUT2D eigenvalue weighted by atomic mass is 10.0. The Morgan fingerprint density at radius 1 is 0.456 bits per heavy atom. The van der Waals surface area contributed by atoms with Gasteiger partial charge in [-0.2, -0.15) is 25.3 Å². The van der Waals surface area contributed by atoms with E-state index >= 15 is 0 Å². The van der Waals surface area contributed by atoms with E-state index in [4.69, 9.17) is 34.4 Å². The summed E-state index contributed by atoms with van der Waals surface area (Å²) in [5.41, 5.74) is 36.0. The van der Waals surface area contributed by atoms with E-state index in [0.29, 0.717) is 41.3 Å². The number of amides is 11. The Balaban J connectivity index is 1.54. The zero-order valence-corrected chi connectivity index (χ0v) is 58.4. The number of guanidine groups is 1. The van der Waals surface area contributed by atoms with E-state index in [9.17, 15) is 87.5 Å². The van der Waals surface area contributed by atoms with E-state index in [1.54, 1.807) is 54.7 Å². The van der Waals surface area contributed by atoms with Gasteiger partial charge >= 0.3 is 17.9 Å². The molecule has 11 amide bonds. The molecule has 4 rings (SSSR count). The summed E-state index contributed by atoms with van der Waals surface area (Å²) < 4.78 is 0. The Kier molecular flexibility index (Phi) is 36.2. The number of benzene rings is 2. The molecule has 0 aliphatic rings. The fraction of sp³-hybridized carbons (Fsp3) is 0.516. The number of primary amides is 1. The Hall–Kier alpha value is -10.1. The third-order valence-electron chi connectivity index (χ3n) is 16.2. The van der Waals surface area contributed by atoms with Crippen LogP contribution in [0, 0.1) is 0 Å². The molecule has 39 heteroatoms. The van der Waals surface area contributed by atoms with Gasteiger partial charge in [-0.15, -0.1) is 0 Å². The Labute approximate surface area is 602 Å². The minimum atomic E-state index is -2.09. The van der Waals surface area contributed by atoms with Crippen LogP contribution in [0.1, 0.15) is 102 Å². The summed E-state index contributed by atoms with van der Waals surface area (Å²) in [7, 11) is 0. The molecule has 0 aliphatic carbocycles. The number of aromatic nitrogens is 2. The third kappa shape index (κ3) is 28.7. The molecule has 0 unspecified atom stereocenters. The monoisotopic (exact) mass is 1480 g/mol. The number of carboxylic acid groups (broad SMARTS) is 3. The van der Waals surface area contributed by atoms with Crippen molar-refractivity contribution in [2.75, 3.05) is 31.1 Å². The number of hydrogen-bond acceptors (Lipinski definition) is 21. The molecule has 0 radical (unpaired) electrons. The second-order valence-corrected chi connectivity index (χ2v) is 25.0. The van der Waals surface area contributed by atoms with Gasteiger partial charge in [0.1, 0.15) is 60.4 Å². The van der Waals surface area contributed by atoms with E-state index < -0.39 is 186 Å². The van der Waals surface area contributed by atoms with E-state index in [1.807, 2.05) is 0 Å². The molecule has 37 nitrogen and oxygen atoms in total. The van der Waals surface area contributed by atoms with Crippen molar-refractivity contribution in [3.63, 3.8) is 0 Å². The number of aliphatic imine (C=N–C) groups is 1. The number of aliphatic hydroxyl groups excluding tert-OH is 1. The predicted octanol–water partition coefficient (Wildman–Crippen LogP) is -5.15. The number of nitrogens with one attached hydrogen (secondary N) is 12. The zero-order valence-electron chi connectivity index (χ0n) is 56.7. The number of hydrogen-bond donors (Lipinski definition) is 24. The molecule has 2 aromatic heterocycles. The summed E-state index contributed by atoms with van der Waals surface area (Å²) in [5, 5.41) is 66.3. The maximum atomic E-state index is 14.5. The molecule has 566 valence electrons.